The lowest BCUT2D eigenvalue weighted by Gasteiger charge is -2.13. The smallest absolute Gasteiger partial charge is 0.324 e. The van der Waals surface area contributed by atoms with Crippen molar-refractivity contribution in [1.29, 1.82) is 0 Å². The van der Waals surface area contributed by atoms with Crippen LogP contribution in [0.2, 0.25) is 5.02 Å². The van der Waals surface area contributed by atoms with Crippen molar-refractivity contribution in [2.24, 2.45) is 0 Å². The van der Waals surface area contributed by atoms with Crippen LogP contribution in [0.15, 0.2) is 23.1 Å². The molecule has 1 aliphatic carbocycles. The fraction of sp³-hybridized carbons (Fsp3) is 0.300. The third kappa shape index (κ3) is 2.33. The van der Waals surface area contributed by atoms with E-state index >= 15 is 0 Å². The third-order valence-corrected chi connectivity index (χ3v) is 4.69. The predicted octanol–water partition coefficient (Wildman–Crippen LogP) is 1.37. The number of carbonyl (C=O) groups is 1. The lowest BCUT2D eigenvalue weighted by atomic mass is 10.3. The van der Waals surface area contributed by atoms with Crippen molar-refractivity contribution >= 4 is 27.6 Å². The molecule has 0 unspecified atom stereocenters. The summed E-state index contributed by atoms with van der Waals surface area (Å²) >= 11 is 5.68. The molecule has 0 bridgehead atoms. The number of rotatable bonds is 4. The molecule has 0 aromatic heterocycles. The molecule has 2 rings (SSSR count). The van der Waals surface area contributed by atoms with E-state index < -0.39 is 32.2 Å². The summed E-state index contributed by atoms with van der Waals surface area (Å²) in [5.74, 6) is -2.02. The van der Waals surface area contributed by atoms with Crippen LogP contribution in [0.4, 0.5) is 4.39 Å². The molecule has 18 heavy (non-hydrogen) atoms. The van der Waals surface area contributed by atoms with Gasteiger partial charge in [-0.15, -0.1) is 0 Å². The summed E-state index contributed by atoms with van der Waals surface area (Å²) < 4.78 is 38.9. The Morgan fingerprint density at radius 1 is 1.44 bits per heavy atom. The Hall–Kier alpha value is -1.18. The second-order valence-electron chi connectivity index (χ2n) is 4.07. The molecule has 2 N–H and O–H groups in total. The zero-order valence-corrected chi connectivity index (χ0v) is 10.6. The molecule has 98 valence electrons. The summed E-state index contributed by atoms with van der Waals surface area (Å²) in [6.07, 6.45) is 0.406. The van der Waals surface area contributed by atoms with Crippen LogP contribution in [-0.4, -0.2) is 25.0 Å². The van der Waals surface area contributed by atoms with E-state index in [1.165, 1.54) is 0 Å². The van der Waals surface area contributed by atoms with Gasteiger partial charge in [0.15, 0.2) is 0 Å². The highest BCUT2D eigenvalue weighted by Gasteiger charge is 2.53. The maximum absolute atomic E-state index is 13.0. The molecule has 0 heterocycles. The van der Waals surface area contributed by atoms with E-state index in [4.69, 9.17) is 16.7 Å². The maximum Gasteiger partial charge on any atom is 0.324 e. The number of aliphatic carboxylic acids is 1. The molecular weight excluding hydrogens is 285 g/mol. The van der Waals surface area contributed by atoms with E-state index in [2.05, 4.69) is 0 Å². The first kappa shape index (κ1) is 13.3. The Morgan fingerprint density at radius 2 is 2.06 bits per heavy atom. The predicted molar refractivity (Wildman–Crippen MR) is 61.3 cm³/mol. The molecule has 0 saturated heterocycles. The molecule has 0 atom stereocenters. The largest absolute Gasteiger partial charge is 0.480 e. The van der Waals surface area contributed by atoms with E-state index in [-0.39, 0.29) is 17.9 Å². The summed E-state index contributed by atoms with van der Waals surface area (Å²) in [6.45, 7) is 0. The number of benzene rings is 1. The van der Waals surface area contributed by atoms with Gasteiger partial charge in [0.1, 0.15) is 16.3 Å². The van der Waals surface area contributed by atoms with Gasteiger partial charge in [0.2, 0.25) is 10.0 Å². The Labute approximate surface area is 108 Å². The lowest BCUT2D eigenvalue weighted by molar-refractivity contribution is -0.140. The minimum atomic E-state index is -4.16. The average molecular weight is 294 g/mol. The van der Waals surface area contributed by atoms with Crippen molar-refractivity contribution in [2.75, 3.05) is 0 Å². The van der Waals surface area contributed by atoms with Crippen molar-refractivity contribution in [1.82, 2.24) is 4.72 Å². The lowest BCUT2D eigenvalue weighted by Crippen LogP contribution is -2.43. The molecule has 1 aliphatic rings. The molecule has 0 radical (unpaired) electrons. The Balaban J connectivity index is 2.37. The number of halogens is 2. The highest BCUT2D eigenvalue weighted by Crippen LogP contribution is 2.37. The second-order valence-corrected chi connectivity index (χ2v) is 6.13. The molecular formula is C10H9ClFNO4S. The summed E-state index contributed by atoms with van der Waals surface area (Å²) in [7, 11) is -4.16. The zero-order valence-electron chi connectivity index (χ0n) is 8.98. The van der Waals surface area contributed by atoms with E-state index in [9.17, 15) is 17.6 Å². The van der Waals surface area contributed by atoms with Crippen LogP contribution in [-0.2, 0) is 14.8 Å². The van der Waals surface area contributed by atoms with Gasteiger partial charge in [0, 0.05) is 0 Å². The van der Waals surface area contributed by atoms with E-state index in [0.29, 0.717) is 0 Å². The second kappa shape index (κ2) is 4.18. The van der Waals surface area contributed by atoms with Crippen molar-refractivity contribution in [3.8, 4) is 0 Å². The number of sulfonamides is 1. The Morgan fingerprint density at radius 3 is 2.56 bits per heavy atom. The van der Waals surface area contributed by atoms with Gasteiger partial charge in [-0.25, -0.2) is 12.8 Å². The summed E-state index contributed by atoms with van der Waals surface area (Å²) in [5, 5.41) is 8.74. The number of nitrogens with one attached hydrogen (secondary N) is 1. The zero-order chi connectivity index (χ0) is 13.6. The highest BCUT2D eigenvalue weighted by atomic mass is 35.5. The van der Waals surface area contributed by atoms with Gasteiger partial charge in [-0.3, -0.25) is 4.79 Å². The standard InChI is InChI=1S/C10H9ClFNO4S/c11-7-2-1-6(12)5-8(7)18(16,17)13-10(3-4-10)9(14)15/h1-2,5,13H,3-4H2,(H,14,15). The summed E-state index contributed by atoms with van der Waals surface area (Å²) in [4.78, 5) is 10.4. The van der Waals surface area contributed by atoms with Crippen LogP contribution < -0.4 is 4.72 Å². The normalized spacial score (nSPS) is 17.4. The highest BCUT2D eigenvalue weighted by molar-refractivity contribution is 7.89. The van der Waals surface area contributed by atoms with Gasteiger partial charge < -0.3 is 5.11 Å². The van der Waals surface area contributed by atoms with Crippen molar-refractivity contribution < 1.29 is 22.7 Å². The molecule has 1 saturated carbocycles. The first-order valence-corrected chi connectivity index (χ1v) is 6.85. The molecule has 1 fully saturated rings. The molecule has 0 spiro atoms. The van der Waals surface area contributed by atoms with Crippen LogP contribution >= 0.6 is 11.6 Å². The van der Waals surface area contributed by atoms with Gasteiger partial charge in [-0.1, -0.05) is 11.6 Å². The topological polar surface area (TPSA) is 83.5 Å². The molecule has 0 aliphatic heterocycles. The average Bonchev–Trinajstić information content (AvgIpc) is 3.02. The summed E-state index contributed by atoms with van der Waals surface area (Å²) in [5.41, 5.74) is -1.48. The minimum Gasteiger partial charge on any atom is -0.480 e. The SMILES string of the molecule is O=C(O)C1(NS(=O)(=O)c2cc(F)ccc2Cl)CC1. The van der Waals surface area contributed by atoms with E-state index in [1.54, 1.807) is 0 Å². The molecule has 1 aromatic rings. The van der Waals surface area contributed by atoms with Crippen molar-refractivity contribution in [3.05, 3.63) is 29.0 Å². The number of hydrogen-bond donors (Lipinski definition) is 2. The van der Waals surface area contributed by atoms with Crippen molar-refractivity contribution in [3.63, 3.8) is 0 Å². The monoisotopic (exact) mass is 293 g/mol. The quantitative estimate of drug-likeness (QED) is 0.878. The number of carboxylic acid groups (broad SMARTS) is 1. The van der Waals surface area contributed by atoms with Crippen LogP contribution in [0, 0.1) is 5.82 Å². The van der Waals surface area contributed by atoms with Gasteiger partial charge in [0.25, 0.3) is 0 Å². The maximum atomic E-state index is 13.0. The van der Waals surface area contributed by atoms with Crippen LogP contribution in [0.25, 0.3) is 0 Å². The Bertz CT molecular complexity index is 612. The molecule has 1 aromatic carbocycles. The van der Waals surface area contributed by atoms with Gasteiger partial charge >= 0.3 is 5.97 Å². The van der Waals surface area contributed by atoms with Crippen LogP contribution in [0.1, 0.15) is 12.8 Å². The first-order chi connectivity index (χ1) is 8.27. The van der Waals surface area contributed by atoms with Crippen LogP contribution in [0.5, 0.6) is 0 Å². The van der Waals surface area contributed by atoms with Gasteiger partial charge in [-0.2, -0.15) is 4.72 Å². The van der Waals surface area contributed by atoms with E-state index in [1.807, 2.05) is 4.72 Å². The van der Waals surface area contributed by atoms with E-state index in [0.717, 1.165) is 18.2 Å². The van der Waals surface area contributed by atoms with Crippen LogP contribution in [0.3, 0.4) is 0 Å². The summed E-state index contributed by atoms with van der Waals surface area (Å²) in [6, 6.07) is 2.87. The number of hydrogen-bond acceptors (Lipinski definition) is 3. The third-order valence-electron chi connectivity index (χ3n) is 2.67. The Kier molecular flexibility index (Phi) is 3.08. The minimum absolute atomic E-state index is 0.162. The molecule has 8 heteroatoms. The molecule has 5 nitrogen and oxygen atoms in total. The molecule has 0 amide bonds. The van der Waals surface area contributed by atoms with Gasteiger partial charge in [0.05, 0.1) is 5.02 Å². The van der Waals surface area contributed by atoms with Gasteiger partial charge in [-0.05, 0) is 31.0 Å². The fourth-order valence-electron chi connectivity index (χ4n) is 1.48. The number of carboxylic acids is 1. The first-order valence-electron chi connectivity index (χ1n) is 4.99. The fourth-order valence-corrected chi connectivity index (χ4v) is 3.41. The van der Waals surface area contributed by atoms with Crippen molar-refractivity contribution in [2.45, 2.75) is 23.3 Å².